The van der Waals surface area contributed by atoms with Gasteiger partial charge in [0.1, 0.15) is 5.76 Å². The van der Waals surface area contributed by atoms with Crippen LogP contribution in [0.5, 0.6) is 0 Å². The highest BCUT2D eigenvalue weighted by atomic mass is 35.5. The number of halogens is 4. The first-order valence-corrected chi connectivity index (χ1v) is 7.41. The molecule has 0 aliphatic carbocycles. The van der Waals surface area contributed by atoms with E-state index in [1.807, 2.05) is 0 Å². The number of anilines is 1. The van der Waals surface area contributed by atoms with Crippen molar-refractivity contribution >= 4 is 23.2 Å². The van der Waals surface area contributed by atoms with Crippen molar-refractivity contribution in [3.8, 4) is 11.3 Å². The molecule has 128 valence electrons. The van der Waals surface area contributed by atoms with Crippen LogP contribution in [0.2, 0.25) is 5.02 Å². The minimum atomic E-state index is -4.81. The summed E-state index contributed by atoms with van der Waals surface area (Å²) >= 11 is 5.77. The van der Waals surface area contributed by atoms with E-state index >= 15 is 0 Å². The van der Waals surface area contributed by atoms with Crippen LogP contribution in [0.4, 0.5) is 18.9 Å². The SMILES string of the molecule is O=C(Nc1ccncc1)c1cc(-c2ccc(Cl)cc2)oc1C(F)(F)F. The normalized spacial score (nSPS) is 11.4. The number of furan rings is 1. The largest absolute Gasteiger partial charge is 0.451 e. The van der Waals surface area contributed by atoms with E-state index in [-0.39, 0.29) is 5.76 Å². The van der Waals surface area contributed by atoms with Crippen molar-refractivity contribution < 1.29 is 22.4 Å². The van der Waals surface area contributed by atoms with Crippen LogP contribution in [0.15, 0.2) is 59.3 Å². The minimum Gasteiger partial charge on any atom is -0.451 e. The molecule has 0 saturated heterocycles. The molecule has 1 N–H and O–H groups in total. The number of rotatable bonds is 3. The molecule has 0 aliphatic rings. The number of carbonyl (C=O) groups excluding carboxylic acids is 1. The van der Waals surface area contributed by atoms with Crippen LogP contribution in [-0.2, 0) is 6.18 Å². The maximum absolute atomic E-state index is 13.2. The van der Waals surface area contributed by atoms with E-state index in [9.17, 15) is 18.0 Å². The van der Waals surface area contributed by atoms with Crippen LogP contribution in [0, 0.1) is 0 Å². The highest BCUT2D eigenvalue weighted by Gasteiger charge is 2.40. The summed E-state index contributed by atoms with van der Waals surface area (Å²) in [5, 5.41) is 2.82. The van der Waals surface area contributed by atoms with Gasteiger partial charge in [-0.25, -0.2) is 0 Å². The molecule has 1 amide bonds. The second kappa shape index (κ2) is 6.60. The standard InChI is InChI=1S/C17H10ClF3N2O2/c18-11-3-1-10(2-4-11)14-9-13(15(25-14)17(19,20)21)16(24)23-12-5-7-22-8-6-12/h1-9H,(H,22,23,24). The van der Waals surface area contributed by atoms with Gasteiger partial charge in [-0.15, -0.1) is 0 Å². The fourth-order valence-electron chi connectivity index (χ4n) is 2.16. The van der Waals surface area contributed by atoms with E-state index < -0.39 is 23.4 Å². The van der Waals surface area contributed by atoms with E-state index in [2.05, 4.69) is 10.3 Å². The predicted octanol–water partition coefficient (Wildman–Crippen LogP) is 5.27. The predicted molar refractivity (Wildman–Crippen MR) is 86.3 cm³/mol. The van der Waals surface area contributed by atoms with Gasteiger partial charge < -0.3 is 9.73 Å². The molecule has 25 heavy (non-hydrogen) atoms. The van der Waals surface area contributed by atoms with Crippen molar-refractivity contribution in [2.75, 3.05) is 5.32 Å². The Morgan fingerprint density at radius 1 is 1.08 bits per heavy atom. The average molecular weight is 367 g/mol. The highest BCUT2D eigenvalue weighted by Crippen LogP contribution is 2.37. The first-order chi connectivity index (χ1) is 11.8. The monoisotopic (exact) mass is 366 g/mol. The number of pyridine rings is 1. The minimum absolute atomic E-state index is 0.0797. The number of amides is 1. The van der Waals surface area contributed by atoms with Crippen LogP contribution in [0.3, 0.4) is 0 Å². The molecule has 0 unspecified atom stereocenters. The lowest BCUT2D eigenvalue weighted by atomic mass is 10.1. The number of aromatic nitrogens is 1. The lowest BCUT2D eigenvalue weighted by Gasteiger charge is -2.07. The molecule has 0 fully saturated rings. The van der Waals surface area contributed by atoms with E-state index in [0.29, 0.717) is 16.3 Å². The Balaban J connectivity index is 1.99. The number of nitrogens with zero attached hydrogens (tertiary/aromatic N) is 1. The van der Waals surface area contributed by atoms with E-state index in [1.165, 1.54) is 48.8 Å². The second-order valence-corrected chi connectivity index (χ2v) is 5.48. The average Bonchev–Trinajstić information content (AvgIpc) is 3.02. The molecule has 1 aromatic carbocycles. The Bertz CT molecular complexity index is 891. The Kier molecular flexibility index (Phi) is 4.50. The van der Waals surface area contributed by atoms with Gasteiger partial charge in [-0.2, -0.15) is 13.2 Å². The summed E-state index contributed by atoms with van der Waals surface area (Å²) in [6.45, 7) is 0. The van der Waals surface area contributed by atoms with E-state index in [1.54, 1.807) is 0 Å². The quantitative estimate of drug-likeness (QED) is 0.687. The summed E-state index contributed by atoms with van der Waals surface area (Å²) in [5.74, 6) is -2.37. The van der Waals surface area contributed by atoms with Crippen molar-refractivity contribution in [2.24, 2.45) is 0 Å². The third-order valence-corrected chi connectivity index (χ3v) is 3.55. The Morgan fingerprint density at radius 2 is 1.72 bits per heavy atom. The van der Waals surface area contributed by atoms with Gasteiger partial charge in [-0.3, -0.25) is 9.78 Å². The van der Waals surface area contributed by atoms with Crippen LogP contribution in [-0.4, -0.2) is 10.9 Å². The summed E-state index contributed by atoms with van der Waals surface area (Å²) in [7, 11) is 0. The Morgan fingerprint density at radius 3 is 2.32 bits per heavy atom. The molecular formula is C17H10ClF3N2O2. The molecule has 8 heteroatoms. The Labute approximate surface area is 145 Å². The molecule has 0 saturated carbocycles. The van der Waals surface area contributed by atoms with Gasteiger partial charge in [-0.1, -0.05) is 11.6 Å². The number of alkyl halides is 3. The molecule has 0 radical (unpaired) electrons. The number of carbonyl (C=O) groups is 1. The summed E-state index contributed by atoms with van der Waals surface area (Å²) in [5.41, 5.74) is 0.0921. The first kappa shape index (κ1) is 17.0. The van der Waals surface area contributed by atoms with Gasteiger partial charge in [0.15, 0.2) is 0 Å². The molecule has 0 aliphatic heterocycles. The van der Waals surface area contributed by atoms with Crippen molar-refractivity contribution in [2.45, 2.75) is 6.18 Å². The molecule has 3 aromatic rings. The summed E-state index contributed by atoms with van der Waals surface area (Å²) in [4.78, 5) is 16.0. The maximum Gasteiger partial charge on any atom is 0.450 e. The number of nitrogens with one attached hydrogen (secondary N) is 1. The zero-order valence-electron chi connectivity index (χ0n) is 12.5. The molecule has 3 rings (SSSR count). The fraction of sp³-hybridized carbons (Fsp3) is 0.0588. The molecule has 2 aromatic heterocycles. The molecular weight excluding hydrogens is 357 g/mol. The van der Waals surface area contributed by atoms with Gasteiger partial charge in [0.2, 0.25) is 5.76 Å². The fourth-order valence-corrected chi connectivity index (χ4v) is 2.29. The molecule has 2 heterocycles. The lowest BCUT2D eigenvalue weighted by Crippen LogP contribution is -2.16. The van der Waals surface area contributed by atoms with E-state index in [4.69, 9.17) is 16.0 Å². The lowest BCUT2D eigenvalue weighted by molar-refractivity contribution is -0.153. The second-order valence-electron chi connectivity index (χ2n) is 5.05. The van der Waals surface area contributed by atoms with Crippen molar-refractivity contribution in [3.05, 3.63) is 71.2 Å². The van der Waals surface area contributed by atoms with Gasteiger partial charge >= 0.3 is 6.18 Å². The van der Waals surface area contributed by atoms with Gasteiger partial charge in [-0.05, 0) is 42.5 Å². The van der Waals surface area contributed by atoms with E-state index in [0.717, 1.165) is 6.07 Å². The molecule has 0 spiro atoms. The summed E-state index contributed by atoms with van der Waals surface area (Å²) < 4.78 is 44.6. The van der Waals surface area contributed by atoms with Gasteiger partial charge in [0.05, 0.1) is 5.56 Å². The first-order valence-electron chi connectivity index (χ1n) is 7.03. The third-order valence-electron chi connectivity index (χ3n) is 3.30. The zero-order valence-corrected chi connectivity index (χ0v) is 13.2. The highest BCUT2D eigenvalue weighted by molar-refractivity contribution is 6.30. The number of hydrogen-bond acceptors (Lipinski definition) is 3. The van der Waals surface area contributed by atoms with Crippen molar-refractivity contribution in [1.82, 2.24) is 4.98 Å². The van der Waals surface area contributed by atoms with Crippen molar-refractivity contribution in [3.63, 3.8) is 0 Å². The molecule has 0 atom stereocenters. The van der Waals surface area contributed by atoms with Crippen LogP contribution < -0.4 is 5.32 Å². The zero-order chi connectivity index (χ0) is 18.0. The van der Waals surface area contributed by atoms with Gasteiger partial charge in [0.25, 0.3) is 5.91 Å². The topological polar surface area (TPSA) is 55.1 Å². The Hall–Kier alpha value is -2.80. The number of benzene rings is 1. The van der Waals surface area contributed by atoms with Gasteiger partial charge in [0, 0.05) is 28.7 Å². The number of hydrogen-bond donors (Lipinski definition) is 1. The summed E-state index contributed by atoms with van der Waals surface area (Å²) in [6, 6.07) is 10.0. The smallest absolute Gasteiger partial charge is 0.450 e. The molecule has 4 nitrogen and oxygen atoms in total. The van der Waals surface area contributed by atoms with Crippen LogP contribution in [0.1, 0.15) is 16.1 Å². The van der Waals surface area contributed by atoms with Crippen molar-refractivity contribution in [1.29, 1.82) is 0 Å². The molecule has 0 bridgehead atoms. The third kappa shape index (κ3) is 3.83. The maximum atomic E-state index is 13.2. The van der Waals surface area contributed by atoms with Crippen LogP contribution in [0.25, 0.3) is 11.3 Å². The summed E-state index contributed by atoms with van der Waals surface area (Å²) in [6.07, 6.45) is -1.99. The van der Waals surface area contributed by atoms with Crippen LogP contribution >= 0.6 is 11.6 Å².